The Morgan fingerprint density at radius 3 is 2.77 bits per heavy atom. The lowest BCUT2D eigenvalue weighted by Gasteiger charge is -2.28. The number of hydrogen-bond donors (Lipinski definition) is 2. The fourth-order valence-electron chi connectivity index (χ4n) is 2.53. The van der Waals surface area contributed by atoms with Crippen molar-refractivity contribution in [3.8, 4) is 11.5 Å². The smallest absolute Gasteiger partial charge is 0.526 e. The van der Waals surface area contributed by atoms with E-state index in [2.05, 4.69) is 0 Å². The highest BCUT2D eigenvalue weighted by molar-refractivity contribution is 6.47. The van der Waals surface area contributed by atoms with Crippen LogP contribution in [0, 0.1) is 0 Å². The van der Waals surface area contributed by atoms with Crippen LogP contribution in [0.4, 0.5) is 0 Å². The van der Waals surface area contributed by atoms with Crippen molar-refractivity contribution in [3.63, 3.8) is 0 Å². The van der Waals surface area contributed by atoms with Crippen LogP contribution < -0.4 is 4.65 Å². The summed E-state index contributed by atoms with van der Waals surface area (Å²) in [4.78, 5) is 23.5. The average molecular weight is 306 g/mol. The molecule has 2 N–H and O–H groups in total. The zero-order valence-electron chi connectivity index (χ0n) is 12.7. The Morgan fingerprint density at radius 2 is 2.14 bits per heavy atom. The van der Waals surface area contributed by atoms with Crippen molar-refractivity contribution in [1.29, 1.82) is 0 Å². The fourth-order valence-corrected chi connectivity index (χ4v) is 2.53. The molecule has 118 valence electrons. The highest BCUT2D eigenvalue weighted by Gasteiger charge is 2.38. The number of esters is 1. The van der Waals surface area contributed by atoms with E-state index in [0.717, 1.165) is 0 Å². The molecule has 0 unspecified atom stereocenters. The molecule has 0 aromatic heterocycles. The zero-order chi connectivity index (χ0) is 16.3. The summed E-state index contributed by atoms with van der Waals surface area (Å²) < 4.78 is 10.4. The van der Waals surface area contributed by atoms with Crippen molar-refractivity contribution in [2.75, 3.05) is 6.61 Å². The van der Waals surface area contributed by atoms with E-state index in [-0.39, 0.29) is 35.9 Å². The van der Waals surface area contributed by atoms with Crippen LogP contribution >= 0.6 is 0 Å². The molecular formula is C15H19BO6. The van der Waals surface area contributed by atoms with Gasteiger partial charge in [-0.1, -0.05) is 6.92 Å². The Hall–Kier alpha value is -2.02. The molecule has 22 heavy (non-hydrogen) atoms. The van der Waals surface area contributed by atoms with Crippen LogP contribution in [-0.4, -0.2) is 35.6 Å². The van der Waals surface area contributed by atoms with Crippen LogP contribution in [-0.2, 0) is 16.0 Å². The van der Waals surface area contributed by atoms with Gasteiger partial charge in [0.1, 0.15) is 22.8 Å². The van der Waals surface area contributed by atoms with E-state index in [4.69, 9.17) is 9.39 Å². The van der Waals surface area contributed by atoms with Crippen molar-refractivity contribution >= 4 is 18.9 Å². The Morgan fingerprint density at radius 1 is 1.41 bits per heavy atom. The van der Waals surface area contributed by atoms with Crippen molar-refractivity contribution in [2.24, 2.45) is 0 Å². The third kappa shape index (κ3) is 3.41. The maximum Gasteiger partial charge on any atom is 0.526 e. The molecule has 1 aromatic carbocycles. The van der Waals surface area contributed by atoms with E-state index < -0.39 is 18.9 Å². The van der Waals surface area contributed by atoms with Crippen LogP contribution in [0.2, 0.25) is 5.82 Å². The lowest BCUT2D eigenvalue weighted by atomic mass is 9.64. The molecule has 0 spiro atoms. The maximum atomic E-state index is 11.9. The molecule has 1 atom stereocenters. The summed E-state index contributed by atoms with van der Waals surface area (Å²) in [5, 5.41) is 19.9. The van der Waals surface area contributed by atoms with E-state index in [0.29, 0.717) is 18.4 Å². The van der Waals surface area contributed by atoms with Gasteiger partial charge in [0, 0.05) is 18.7 Å². The summed E-state index contributed by atoms with van der Waals surface area (Å²) in [5.41, 5.74) is 0.665. The third-order valence-electron chi connectivity index (χ3n) is 3.65. The minimum Gasteiger partial charge on any atom is -0.535 e. The number of rotatable bonds is 5. The Balaban J connectivity index is 2.32. The standard InChI is InChI=1S/C15H19BO6/c1-3-11(17)7-10-5-9-6-12(18)8-13(15(19)21-4-2)14(9)22-16(10)20/h6,8,10,18,20H,3-5,7H2,1-2H3/t10-/m1/s1. The lowest BCUT2D eigenvalue weighted by molar-refractivity contribution is -0.118. The first kappa shape index (κ1) is 16.4. The van der Waals surface area contributed by atoms with E-state index in [9.17, 15) is 19.7 Å². The van der Waals surface area contributed by atoms with Crippen LogP contribution in [0.3, 0.4) is 0 Å². The molecule has 1 heterocycles. The molecule has 1 aliphatic heterocycles. The SMILES string of the molecule is CCOC(=O)c1cc(O)cc2c1OB(O)[C@@H](CC(=O)CC)C2. The largest absolute Gasteiger partial charge is 0.535 e. The van der Waals surface area contributed by atoms with E-state index in [1.165, 1.54) is 12.1 Å². The van der Waals surface area contributed by atoms with E-state index in [1.54, 1.807) is 13.8 Å². The second-order valence-electron chi connectivity index (χ2n) is 5.27. The summed E-state index contributed by atoms with van der Waals surface area (Å²) in [5.74, 6) is -0.852. The summed E-state index contributed by atoms with van der Waals surface area (Å²) >= 11 is 0. The number of carbonyl (C=O) groups excluding carboxylic acids is 2. The average Bonchev–Trinajstić information content (AvgIpc) is 2.47. The zero-order valence-corrected chi connectivity index (χ0v) is 12.7. The predicted octanol–water partition coefficient (Wildman–Crippen LogP) is 1.72. The number of hydrogen-bond acceptors (Lipinski definition) is 6. The van der Waals surface area contributed by atoms with Gasteiger partial charge in [-0.2, -0.15) is 0 Å². The Kier molecular flexibility index (Phi) is 5.08. The number of Topliss-reactive ketones (excluding diaryl/α,β-unsaturated/α-hetero) is 1. The summed E-state index contributed by atoms with van der Waals surface area (Å²) in [6, 6.07) is 2.73. The predicted molar refractivity (Wildman–Crippen MR) is 80.0 cm³/mol. The molecule has 7 heteroatoms. The molecule has 0 fully saturated rings. The highest BCUT2D eigenvalue weighted by Crippen LogP contribution is 2.39. The molecule has 0 bridgehead atoms. The normalized spacial score (nSPS) is 16.7. The van der Waals surface area contributed by atoms with Gasteiger partial charge in [0.25, 0.3) is 0 Å². The van der Waals surface area contributed by atoms with Crippen LogP contribution in [0.1, 0.15) is 42.6 Å². The van der Waals surface area contributed by atoms with Gasteiger partial charge in [0.15, 0.2) is 0 Å². The number of ether oxygens (including phenoxy) is 1. The van der Waals surface area contributed by atoms with Gasteiger partial charge in [0.2, 0.25) is 0 Å². The summed E-state index contributed by atoms with van der Waals surface area (Å²) in [7, 11) is -1.17. The molecule has 0 saturated heterocycles. The minimum absolute atomic E-state index is 0.0295. The Labute approximate surface area is 129 Å². The van der Waals surface area contributed by atoms with E-state index in [1.807, 2.05) is 0 Å². The molecule has 0 radical (unpaired) electrons. The highest BCUT2D eigenvalue weighted by atomic mass is 16.5. The van der Waals surface area contributed by atoms with Crippen molar-refractivity contribution in [1.82, 2.24) is 0 Å². The molecular weight excluding hydrogens is 287 g/mol. The number of fused-ring (bicyclic) bond motifs is 1. The Bertz CT molecular complexity index is 586. The van der Waals surface area contributed by atoms with Gasteiger partial charge in [-0.15, -0.1) is 0 Å². The third-order valence-corrected chi connectivity index (χ3v) is 3.65. The van der Waals surface area contributed by atoms with Crippen molar-refractivity contribution in [2.45, 2.75) is 38.9 Å². The second kappa shape index (κ2) is 6.83. The topological polar surface area (TPSA) is 93.1 Å². The van der Waals surface area contributed by atoms with Crippen LogP contribution in [0.15, 0.2) is 12.1 Å². The lowest BCUT2D eigenvalue weighted by Crippen LogP contribution is -2.35. The van der Waals surface area contributed by atoms with Gasteiger partial charge in [-0.3, -0.25) is 4.79 Å². The monoisotopic (exact) mass is 306 g/mol. The van der Waals surface area contributed by atoms with E-state index >= 15 is 0 Å². The van der Waals surface area contributed by atoms with Gasteiger partial charge < -0.3 is 19.5 Å². The number of phenols is 1. The molecule has 0 saturated carbocycles. The van der Waals surface area contributed by atoms with Crippen molar-refractivity contribution < 1.29 is 29.1 Å². The number of phenolic OH excluding ortho intramolecular Hbond substituents is 1. The van der Waals surface area contributed by atoms with Crippen LogP contribution in [0.5, 0.6) is 11.5 Å². The maximum absolute atomic E-state index is 11.9. The first-order valence-electron chi connectivity index (χ1n) is 7.35. The second-order valence-corrected chi connectivity index (χ2v) is 5.27. The quantitative estimate of drug-likeness (QED) is 0.635. The molecule has 6 nitrogen and oxygen atoms in total. The number of benzene rings is 1. The molecule has 2 rings (SSSR count). The van der Waals surface area contributed by atoms with Crippen molar-refractivity contribution in [3.05, 3.63) is 23.3 Å². The van der Waals surface area contributed by atoms with Gasteiger partial charge in [0.05, 0.1) is 6.61 Å². The van der Waals surface area contributed by atoms with Gasteiger partial charge in [-0.05, 0) is 31.0 Å². The summed E-state index contributed by atoms with van der Waals surface area (Å²) in [6.07, 6.45) is 0.939. The summed E-state index contributed by atoms with van der Waals surface area (Å²) in [6.45, 7) is 3.63. The molecule has 1 aromatic rings. The molecule has 0 aliphatic carbocycles. The fraction of sp³-hybridized carbons (Fsp3) is 0.467. The first-order chi connectivity index (χ1) is 10.5. The number of carbonyl (C=O) groups is 2. The number of aromatic hydroxyl groups is 1. The minimum atomic E-state index is -1.17. The van der Waals surface area contributed by atoms with Gasteiger partial charge >= 0.3 is 13.1 Å². The number of ketones is 1. The van der Waals surface area contributed by atoms with Crippen LogP contribution in [0.25, 0.3) is 0 Å². The van der Waals surface area contributed by atoms with Gasteiger partial charge in [-0.25, -0.2) is 4.79 Å². The molecule has 1 aliphatic rings. The first-order valence-corrected chi connectivity index (χ1v) is 7.35. The molecule has 0 amide bonds.